The molecule has 0 fully saturated rings. The van der Waals surface area contributed by atoms with Crippen LogP contribution in [-0.4, -0.2) is 9.88 Å². The minimum absolute atomic E-state index is 0.0726. The Hall–Kier alpha value is 0.620. The van der Waals surface area contributed by atoms with Gasteiger partial charge in [0.25, 0.3) is 0 Å². The molecule has 0 atom stereocenters. The molecule has 0 spiro atoms. The normalized spacial score (nSPS) is 13.8. The second kappa shape index (κ2) is 4.91. The minimum atomic E-state index is 0.0726. The summed E-state index contributed by atoms with van der Waals surface area (Å²) in [6, 6.07) is 0. The summed E-state index contributed by atoms with van der Waals surface area (Å²) in [6.45, 7) is 11.4. The number of hydrogen-bond donors (Lipinski definition) is 0. The number of halogens is 2. The van der Waals surface area contributed by atoms with Crippen molar-refractivity contribution in [2.75, 3.05) is 6.54 Å². The Morgan fingerprint density at radius 2 is 1.54 bits per heavy atom. The first-order chi connectivity index (χ1) is 5.62. The van der Waals surface area contributed by atoms with E-state index in [9.17, 15) is 4.48 Å². The van der Waals surface area contributed by atoms with Gasteiger partial charge in [-0.05, 0) is 23.7 Å². The van der Waals surface area contributed by atoms with Gasteiger partial charge in [0.1, 0.15) is 0 Å². The number of nitrogens with zero attached hydrogens (tertiary/aromatic N) is 1. The van der Waals surface area contributed by atoms with Crippen molar-refractivity contribution in [3.63, 3.8) is 0 Å². The Bertz CT molecular complexity index is 149. The van der Waals surface area contributed by atoms with Crippen LogP contribution in [0.2, 0.25) is 0 Å². The fraction of sp³-hybridized carbons (Fsp3) is 1.00. The molecule has 13 heavy (non-hydrogen) atoms. The molecule has 1 nitrogen and oxygen atoms in total. The molecule has 0 radical (unpaired) electrons. The van der Waals surface area contributed by atoms with Gasteiger partial charge in [0, 0.05) is 6.54 Å². The van der Waals surface area contributed by atoms with Crippen LogP contribution in [0.3, 0.4) is 0 Å². The lowest BCUT2D eigenvalue weighted by molar-refractivity contribution is 0.112. The van der Waals surface area contributed by atoms with Gasteiger partial charge in [0.2, 0.25) is 0 Å². The Balaban J connectivity index is 3.89. The topological polar surface area (TPSA) is 3.24 Å². The lowest BCUT2D eigenvalue weighted by Gasteiger charge is -2.29. The zero-order valence-electron chi connectivity index (χ0n) is 9.32. The van der Waals surface area contributed by atoms with E-state index in [2.05, 4.69) is 34.6 Å². The molecule has 0 rings (SSSR count). The predicted octanol–water partition coefficient (Wildman–Crippen LogP) is 4.38. The maximum atomic E-state index is 12.6. The second-order valence-electron chi connectivity index (χ2n) is 5.69. The monoisotopic (exact) mass is 301 g/mol. The molecular weight excluding hydrogens is 280 g/mol. The molecule has 0 aliphatic carbocycles. The summed E-state index contributed by atoms with van der Waals surface area (Å²) >= 11 is 1.69. The standard InChI is InChI=1S/C10H21FIN/c1-9(2,3)6-7-10(4,5)8-13(11)12/h6-8H2,1-5H3. The van der Waals surface area contributed by atoms with Crippen LogP contribution in [0.4, 0.5) is 4.48 Å². The molecular formula is C10H21FIN. The molecule has 0 saturated heterocycles. The fourth-order valence-electron chi connectivity index (χ4n) is 1.12. The van der Waals surface area contributed by atoms with Gasteiger partial charge in [-0.25, -0.2) is 0 Å². The average Bonchev–Trinajstić information content (AvgIpc) is 1.79. The second-order valence-corrected chi connectivity index (χ2v) is 6.73. The molecule has 3 heteroatoms. The van der Waals surface area contributed by atoms with Gasteiger partial charge in [0.05, 0.1) is 22.9 Å². The lowest BCUT2D eigenvalue weighted by atomic mass is 9.80. The highest BCUT2D eigenvalue weighted by Gasteiger charge is 2.23. The van der Waals surface area contributed by atoms with Crippen molar-refractivity contribution in [2.24, 2.45) is 10.8 Å². The largest absolute Gasteiger partial charge is 0.124 e. The van der Waals surface area contributed by atoms with Gasteiger partial charge in [-0.3, -0.25) is 0 Å². The van der Waals surface area contributed by atoms with E-state index in [1.807, 2.05) is 0 Å². The summed E-state index contributed by atoms with van der Waals surface area (Å²) in [4.78, 5) is 0. The van der Waals surface area contributed by atoms with Crippen LogP contribution in [0.25, 0.3) is 0 Å². The van der Waals surface area contributed by atoms with Crippen LogP contribution in [0.5, 0.6) is 0 Å². The summed E-state index contributed by atoms with van der Waals surface area (Å²) < 4.78 is 13.4. The quantitative estimate of drug-likeness (QED) is 0.550. The van der Waals surface area contributed by atoms with Crippen LogP contribution >= 0.6 is 22.9 Å². The predicted molar refractivity (Wildman–Crippen MR) is 64.3 cm³/mol. The highest BCUT2D eigenvalue weighted by atomic mass is 127. The van der Waals surface area contributed by atoms with Gasteiger partial charge in [-0.15, -0.1) is 4.48 Å². The van der Waals surface area contributed by atoms with Crippen molar-refractivity contribution in [1.29, 1.82) is 0 Å². The van der Waals surface area contributed by atoms with Crippen molar-refractivity contribution in [1.82, 2.24) is 3.34 Å². The zero-order valence-corrected chi connectivity index (χ0v) is 11.5. The van der Waals surface area contributed by atoms with Crippen LogP contribution in [0.1, 0.15) is 47.5 Å². The van der Waals surface area contributed by atoms with Gasteiger partial charge < -0.3 is 0 Å². The zero-order chi connectivity index (χ0) is 10.7. The molecule has 80 valence electrons. The first kappa shape index (κ1) is 13.6. The Kier molecular flexibility index (Phi) is 5.15. The van der Waals surface area contributed by atoms with Crippen molar-refractivity contribution >= 4 is 22.9 Å². The Labute approximate surface area is 95.5 Å². The van der Waals surface area contributed by atoms with E-state index in [1.54, 1.807) is 22.9 Å². The molecule has 0 heterocycles. The number of hydrogen-bond acceptors (Lipinski definition) is 1. The number of rotatable bonds is 4. The van der Waals surface area contributed by atoms with Crippen LogP contribution in [0.15, 0.2) is 0 Å². The average molecular weight is 301 g/mol. The molecule has 0 amide bonds. The summed E-state index contributed by atoms with van der Waals surface area (Å²) in [5.74, 6) is 0. The summed E-state index contributed by atoms with van der Waals surface area (Å²) in [7, 11) is 0. The van der Waals surface area contributed by atoms with Crippen molar-refractivity contribution in [2.45, 2.75) is 47.5 Å². The van der Waals surface area contributed by atoms with Gasteiger partial charge in [-0.1, -0.05) is 38.0 Å². The fourth-order valence-corrected chi connectivity index (χ4v) is 2.04. The smallest absolute Gasteiger partial charge is 0.0554 e. The van der Waals surface area contributed by atoms with Gasteiger partial charge in [-0.2, -0.15) is 0 Å². The minimum Gasteiger partial charge on any atom is -0.124 e. The molecule has 0 unspecified atom stereocenters. The Morgan fingerprint density at radius 3 is 1.85 bits per heavy atom. The van der Waals surface area contributed by atoms with E-state index in [0.717, 1.165) is 16.2 Å². The third kappa shape index (κ3) is 8.94. The highest BCUT2D eigenvalue weighted by Crippen LogP contribution is 2.31. The van der Waals surface area contributed by atoms with E-state index in [-0.39, 0.29) is 5.41 Å². The van der Waals surface area contributed by atoms with Gasteiger partial charge >= 0.3 is 0 Å². The molecule has 0 aliphatic rings. The summed E-state index contributed by atoms with van der Waals surface area (Å²) in [5.41, 5.74) is 0.424. The highest BCUT2D eigenvalue weighted by molar-refractivity contribution is 14.1. The van der Waals surface area contributed by atoms with E-state index < -0.39 is 0 Å². The van der Waals surface area contributed by atoms with E-state index >= 15 is 0 Å². The third-order valence-electron chi connectivity index (χ3n) is 2.10. The Morgan fingerprint density at radius 1 is 1.08 bits per heavy atom. The molecule has 0 aromatic carbocycles. The molecule has 0 saturated carbocycles. The molecule has 0 aromatic rings. The van der Waals surface area contributed by atoms with Crippen molar-refractivity contribution in [3.8, 4) is 0 Å². The maximum Gasteiger partial charge on any atom is 0.0554 e. The molecule has 0 bridgehead atoms. The van der Waals surface area contributed by atoms with E-state index in [4.69, 9.17) is 0 Å². The van der Waals surface area contributed by atoms with Crippen molar-refractivity contribution in [3.05, 3.63) is 0 Å². The lowest BCUT2D eigenvalue weighted by Crippen LogP contribution is -2.25. The third-order valence-corrected chi connectivity index (χ3v) is 2.44. The van der Waals surface area contributed by atoms with Crippen molar-refractivity contribution < 1.29 is 4.48 Å². The molecule has 0 aliphatic heterocycles. The maximum absolute atomic E-state index is 12.6. The van der Waals surface area contributed by atoms with Crippen LogP contribution in [-0.2, 0) is 0 Å². The summed E-state index contributed by atoms with van der Waals surface area (Å²) in [5, 5.41) is 0. The van der Waals surface area contributed by atoms with E-state index in [0.29, 0.717) is 12.0 Å². The first-order valence-corrected chi connectivity index (χ1v) is 5.68. The van der Waals surface area contributed by atoms with Crippen LogP contribution in [0, 0.1) is 10.8 Å². The van der Waals surface area contributed by atoms with E-state index in [1.165, 1.54) is 0 Å². The molecule has 0 aromatic heterocycles. The SMILES string of the molecule is CC(C)(C)CCC(C)(C)CN(F)I. The summed E-state index contributed by atoms with van der Waals surface area (Å²) in [6.07, 6.45) is 2.21. The van der Waals surface area contributed by atoms with Crippen LogP contribution < -0.4 is 0 Å². The molecule has 0 N–H and O–H groups in total. The first-order valence-electron chi connectivity index (χ1n) is 4.71. The van der Waals surface area contributed by atoms with Gasteiger partial charge in [0.15, 0.2) is 0 Å².